The van der Waals surface area contributed by atoms with Crippen LogP contribution in [0.1, 0.15) is 219 Å². The number of quaternary nitrogens is 1. The van der Waals surface area contributed by atoms with Gasteiger partial charge < -0.3 is 27.9 Å². The van der Waals surface area contributed by atoms with Gasteiger partial charge in [0, 0.05) is 12.8 Å². The van der Waals surface area contributed by atoms with Gasteiger partial charge in [0.15, 0.2) is 6.10 Å². The Hall–Kier alpha value is -2.03. The first kappa shape index (κ1) is 60.0. The molecule has 0 spiro atoms. The Kier molecular flexibility index (Phi) is 42.7. The van der Waals surface area contributed by atoms with Gasteiger partial charge in [0.25, 0.3) is 7.82 Å². The van der Waals surface area contributed by atoms with E-state index in [1.807, 2.05) is 21.1 Å². The number of unbranched alkanes of at least 4 members (excludes halogenated alkanes) is 24. The van der Waals surface area contributed by atoms with Gasteiger partial charge in [-0.25, -0.2) is 0 Å². The molecular formula is C52H96NO8P. The van der Waals surface area contributed by atoms with Crippen molar-refractivity contribution in [3.05, 3.63) is 48.6 Å². The van der Waals surface area contributed by atoms with Gasteiger partial charge in [0.2, 0.25) is 0 Å². The maximum Gasteiger partial charge on any atom is 0.306 e. The van der Waals surface area contributed by atoms with E-state index < -0.39 is 32.5 Å². The fourth-order valence-corrected chi connectivity index (χ4v) is 7.57. The lowest BCUT2D eigenvalue weighted by Crippen LogP contribution is -2.37. The molecule has 0 aromatic rings. The van der Waals surface area contributed by atoms with Crippen LogP contribution in [-0.2, 0) is 32.7 Å². The number of likely N-dealkylation sites (N-methyl/N-ethyl adjacent to an activating group) is 1. The van der Waals surface area contributed by atoms with Crippen LogP contribution in [0, 0.1) is 0 Å². The zero-order valence-corrected chi connectivity index (χ0v) is 41.7. The molecular weight excluding hydrogens is 798 g/mol. The molecule has 0 radical (unpaired) electrons. The van der Waals surface area contributed by atoms with Gasteiger partial charge in [0.1, 0.15) is 19.8 Å². The molecule has 0 aliphatic heterocycles. The predicted octanol–water partition coefficient (Wildman–Crippen LogP) is 14.4. The summed E-state index contributed by atoms with van der Waals surface area (Å²) in [5, 5.41) is 0. The Morgan fingerprint density at radius 1 is 0.500 bits per heavy atom. The quantitative estimate of drug-likeness (QED) is 0.0195. The summed E-state index contributed by atoms with van der Waals surface area (Å²) < 4.78 is 34.0. The normalized spacial score (nSPS) is 13.8. The molecule has 0 N–H and O–H groups in total. The molecule has 0 aromatic heterocycles. The topological polar surface area (TPSA) is 111 Å². The fourth-order valence-electron chi connectivity index (χ4n) is 6.84. The number of hydrogen-bond donors (Lipinski definition) is 0. The Morgan fingerprint density at radius 3 is 1.34 bits per heavy atom. The molecule has 362 valence electrons. The van der Waals surface area contributed by atoms with E-state index in [1.54, 1.807) is 0 Å². The van der Waals surface area contributed by atoms with E-state index in [2.05, 4.69) is 62.5 Å². The van der Waals surface area contributed by atoms with Crippen LogP contribution in [0.4, 0.5) is 0 Å². The molecule has 0 aromatic carbocycles. The van der Waals surface area contributed by atoms with Crippen LogP contribution in [0.25, 0.3) is 0 Å². The highest BCUT2D eigenvalue weighted by molar-refractivity contribution is 7.45. The number of phosphoric ester groups is 1. The summed E-state index contributed by atoms with van der Waals surface area (Å²) in [5.74, 6) is -0.849. The second-order valence-electron chi connectivity index (χ2n) is 18.2. The highest BCUT2D eigenvalue weighted by Crippen LogP contribution is 2.38. The van der Waals surface area contributed by atoms with E-state index in [0.29, 0.717) is 23.9 Å². The average molecular weight is 894 g/mol. The number of hydrogen-bond acceptors (Lipinski definition) is 8. The highest BCUT2D eigenvalue weighted by atomic mass is 31.2. The molecule has 10 heteroatoms. The fraction of sp³-hybridized carbons (Fsp3) is 0.808. The third-order valence-corrected chi connectivity index (χ3v) is 11.8. The first-order chi connectivity index (χ1) is 30.0. The first-order valence-corrected chi connectivity index (χ1v) is 26.8. The molecule has 0 saturated heterocycles. The van der Waals surface area contributed by atoms with E-state index in [1.165, 1.54) is 109 Å². The molecule has 0 bridgehead atoms. The summed E-state index contributed by atoms with van der Waals surface area (Å²) in [7, 11) is 1.16. The molecule has 0 amide bonds. The maximum absolute atomic E-state index is 12.7. The number of nitrogens with zero attached hydrogens (tertiary/aromatic N) is 1. The number of rotatable bonds is 46. The molecule has 0 fully saturated rings. The largest absolute Gasteiger partial charge is 0.756 e. The zero-order valence-electron chi connectivity index (χ0n) is 40.8. The first-order valence-electron chi connectivity index (χ1n) is 25.3. The Bertz CT molecular complexity index is 1190. The van der Waals surface area contributed by atoms with Crippen LogP contribution in [0.3, 0.4) is 0 Å². The molecule has 0 aliphatic carbocycles. The van der Waals surface area contributed by atoms with E-state index in [4.69, 9.17) is 18.5 Å². The minimum atomic E-state index is -4.63. The highest BCUT2D eigenvalue weighted by Gasteiger charge is 2.21. The predicted molar refractivity (Wildman–Crippen MR) is 259 cm³/mol. The smallest absolute Gasteiger partial charge is 0.306 e. The monoisotopic (exact) mass is 894 g/mol. The van der Waals surface area contributed by atoms with Crippen molar-refractivity contribution >= 4 is 19.8 Å². The van der Waals surface area contributed by atoms with Gasteiger partial charge in [-0.2, -0.15) is 0 Å². The molecule has 0 saturated carbocycles. The van der Waals surface area contributed by atoms with Crippen LogP contribution in [0.15, 0.2) is 48.6 Å². The Morgan fingerprint density at radius 2 is 0.903 bits per heavy atom. The number of carbonyl (C=O) groups excluding carboxylic acids is 2. The van der Waals surface area contributed by atoms with Crippen molar-refractivity contribution in [1.82, 2.24) is 0 Å². The second-order valence-corrected chi connectivity index (χ2v) is 19.6. The lowest BCUT2D eigenvalue weighted by molar-refractivity contribution is -0.870. The molecule has 2 atom stereocenters. The third-order valence-electron chi connectivity index (χ3n) is 10.8. The van der Waals surface area contributed by atoms with Crippen molar-refractivity contribution in [2.24, 2.45) is 0 Å². The third kappa shape index (κ3) is 47.4. The lowest BCUT2D eigenvalue weighted by atomic mass is 10.0. The summed E-state index contributed by atoms with van der Waals surface area (Å²) in [5.41, 5.74) is 0. The number of esters is 2. The van der Waals surface area contributed by atoms with Crippen molar-refractivity contribution in [2.75, 3.05) is 47.5 Å². The van der Waals surface area contributed by atoms with Crippen LogP contribution in [0.2, 0.25) is 0 Å². The molecule has 0 heterocycles. The summed E-state index contributed by atoms with van der Waals surface area (Å²) in [6, 6.07) is 0. The van der Waals surface area contributed by atoms with Gasteiger partial charge in [-0.05, 0) is 70.6 Å². The molecule has 62 heavy (non-hydrogen) atoms. The SMILES string of the molecule is CCC/C=C\C/C=C\CCCCCCCC(=O)OCC(COP(=O)([O-])OCC[N+](C)(C)C)OC(=O)CCCCCCCCCCCCCCC/C=C\C/C=C\CCCCCCC. The second kappa shape index (κ2) is 44.2. The summed E-state index contributed by atoms with van der Waals surface area (Å²) in [4.78, 5) is 37.6. The van der Waals surface area contributed by atoms with Crippen molar-refractivity contribution in [1.29, 1.82) is 0 Å². The summed E-state index contributed by atoms with van der Waals surface area (Å²) in [6.07, 6.45) is 52.9. The summed E-state index contributed by atoms with van der Waals surface area (Å²) in [6.45, 7) is 4.15. The number of allylic oxidation sites excluding steroid dienone is 8. The molecule has 2 unspecified atom stereocenters. The molecule has 9 nitrogen and oxygen atoms in total. The van der Waals surface area contributed by atoms with E-state index in [9.17, 15) is 19.0 Å². The molecule has 0 rings (SSSR count). The summed E-state index contributed by atoms with van der Waals surface area (Å²) >= 11 is 0. The number of ether oxygens (including phenoxy) is 2. The number of carbonyl (C=O) groups is 2. The van der Waals surface area contributed by atoms with Crippen molar-refractivity contribution in [2.45, 2.75) is 225 Å². The van der Waals surface area contributed by atoms with Crippen molar-refractivity contribution < 1.29 is 42.1 Å². The minimum absolute atomic E-state index is 0.0340. The van der Waals surface area contributed by atoms with Crippen LogP contribution >= 0.6 is 7.82 Å². The lowest BCUT2D eigenvalue weighted by Gasteiger charge is -2.28. The van der Waals surface area contributed by atoms with Gasteiger partial charge in [-0.1, -0.05) is 184 Å². The van der Waals surface area contributed by atoms with Gasteiger partial charge in [0.05, 0.1) is 27.7 Å². The molecule has 0 aliphatic rings. The van der Waals surface area contributed by atoms with Crippen LogP contribution < -0.4 is 4.89 Å². The van der Waals surface area contributed by atoms with Crippen LogP contribution in [0.5, 0.6) is 0 Å². The van der Waals surface area contributed by atoms with Crippen LogP contribution in [-0.4, -0.2) is 70.0 Å². The van der Waals surface area contributed by atoms with Gasteiger partial charge >= 0.3 is 11.9 Å². The Balaban J connectivity index is 4.19. The van der Waals surface area contributed by atoms with Gasteiger partial charge in [-0.3, -0.25) is 14.2 Å². The minimum Gasteiger partial charge on any atom is -0.756 e. The van der Waals surface area contributed by atoms with E-state index in [-0.39, 0.29) is 26.1 Å². The zero-order chi connectivity index (χ0) is 45.7. The van der Waals surface area contributed by atoms with Gasteiger partial charge in [-0.15, -0.1) is 0 Å². The van der Waals surface area contributed by atoms with E-state index >= 15 is 0 Å². The maximum atomic E-state index is 12.7. The van der Waals surface area contributed by atoms with Crippen molar-refractivity contribution in [3.63, 3.8) is 0 Å². The number of phosphoric acid groups is 1. The average Bonchev–Trinajstić information content (AvgIpc) is 3.23. The van der Waals surface area contributed by atoms with E-state index in [0.717, 1.165) is 70.6 Å². The van der Waals surface area contributed by atoms with Crippen molar-refractivity contribution in [3.8, 4) is 0 Å². The standard InChI is InChI=1S/C52H96NO8P/c1-6-8-10-12-14-16-18-20-21-22-23-24-25-26-27-28-29-30-31-33-35-37-39-41-43-45-52(55)61-50(49-60-62(56,57)59-47-46-53(3,4)5)48-58-51(54)44-42-40-38-36-34-32-19-17-15-13-11-9-7-2/h11,13,17-20,22-23,50H,6-10,12,14-16,21,24-49H2,1-5H3/b13-11-,19-17-,20-18-,23-22-. The Labute approximate surface area is 382 Å².